The Morgan fingerprint density at radius 1 is 1.46 bits per heavy atom. The van der Waals surface area contributed by atoms with Crippen LogP contribution in [-0.4, -0.2) is 41.6 Å². The number of aryl methyl sites for hydroxylation is 1. The summed E-state index contributed by atoms with van der Waals surface area (Å²) in [6, 6.07) is 3.59. The molecule has 0 bridgehead atoms. The Morgan fingerprint density at radius 3 is 2.88 bits per heavy atom. The zero-order valence-corrected chi connectivity index (χ0v) is 15.0. The van der Waals surface area contributed by atoms with Crippen LogP contribution in [0.1, 0.15) is 32.9 Å². The third-order valence-electron chi connectivity index (χ3n) is 3.01. The van der Waals surface area contributed by atoms with Gasteiger partial charge in [0.15, 0.2) is 17.0 Å². The number of carbonyl (C=O) groups excluding carboxylic acids is 1. The maximum atomic E-state index is 11.6. The minimum Gasteiger partial charge on any atom is -0.486 e. The van der Waals surface area contributed by atoms with Gasteiger partial charge >= 0.3 is 6.09 Å². The number of carbonyl (C=O) groups is 1. The van der Waals surface area contributed by atoms with E-state index in [1.807, 2.05) is 13.0 Å². The van der Waals surface area contributed by atoms with Crippen molar-refractivity contribution in [3.05, 3.63) is 23.0 Å². The van der Waals surface area contributed by atoms with Gasteiger partial charge in [0.05, 0.1) is 12.3 Å². The van der Waals surface area contributed by atoms with Crippen molar-refractivity contribution >= 4 is 23.4 Å². The van der Waals surface area contributed by atoms with Gasteiger partial charge in [-0.15, -0.1) is 0 Å². The number of aromatic nitrogens is 1. The van der Waals surface area contributed by atoms with Gasteiger partial charge in [-0.2, -0.15) is 0 Å². The van der Waals surface area contributed by atoms with Crippen molar-refractivity contribution in [3.63, 3.8) is 0 Å². The zero-order chi connectivity index (χ0) is 17.7. The number of hydrogen-bond acceptors (Lipinski definition) is 6. The Balaban J connectivity index is 1.72. The Bertz CT molecular complexity index is 628. The maximum absolute atomic E-state index is 11.6. The van der Waals surface area contributed by atoms with E-state index in [-0.39, 0.29) is 12.6 Å². The molecule has 0 saturated heterocycles. The number of hydrogen-bond donors (Lipinski definition) is 1. The average molecular weight is 356 g/mol. The minimum absolute atomic E-state index is 0.224. The van der Waals surface area contributed by atoms with Crippen LogP contribution < -0.4 is 10.1 Å². The fourth-order valence-corrected chi connectivity index (χ4v) is 2.22. The van der Waals surface area contributed by atoms with Gasteiger partial charge in [0, 0.05) is 12.1 Å². The highest BCUT2D eigenvalue weighted by atomic mass is 35.5. The van der Waals surface area contributed by atoms with Gasteiger partial charge in [0.25, 0.3) is 0 Å². The predicted octanol–water partition coefficient (Wildman–Crippen LogP) is 3.09. The summed E-state index contributed by atoms with van der Waals surface area (Å²) in [6.07, 6.45) is -0.146. The molecule has 1 unspecified atom stereocenters. The van der Waals surface area contributed by atoms with Crippen LogP contribution in [0.15, 0.2) is 17.3 Å². The van der Waals surface area contributed by atoms with Gasteiger partial charge in [0.1, 0.15) is 12.2 Å². The summed E-state index contributed by atoms with van der Waals surface area (Å²) in [5.74, 6) is 0.506. The number of oxime groups is 1. The molecule has 0 spiro atoms. The first-order chi connectivity index (χ1) is 11.2. The Kier molecular flexibility index (Phi) is 5.88. The van der Waals surface area contributed by atoms with E-state index in [2.05, 4.69) is 15.5 Å². The maximum Gasteiger partial charge on any atom is 0.407 e. The highest BCUT2D eigenvalue weighted by Gasteiger charge is 2.23. The molecule has 0 fully saturated rings. The van der Waals surface area contributed by atoms with Crippen LogP contribution in [0.2, 0.25) is 5.15 Å². The topological polar surface area (TPSA) is 82.0 Å². The van der Waals surface area contributed by atoms with Gasteiger partial charge in [-0.1, -0.05) is 16.8 Å². The number of nitrogens with one attached hydrogen (secondary N) is 1. The van der Waals surface area contributed by atoms with E-state index in [0.717, 1.165) is 11.4 Å². The first-order valence-electron chi connectivity index (χ1n) is 7.67. The van der Waals surface area contributed by atoms with Gasteiger partial charge in [-0.25, -0.2) is 9.78 Å². The van der Waals surface area contributed by atoms with Crippen molar-refractivity contribution in [2.45, 2.75) is 45.8 Å². The van der Waals surface area contributed by atoms with Gasteiger partial charge in [-0.05, 0) is 39.8 Å². The molecule has 1 aliphatic rings. The molecular formula is C16H22ClN3O4. The summed E-state index contributed by atoms with van der Waals surface area (Å²) >= 11 is 6.01. The lowest BCUT2D eigenvalue weighted by Crippen LogP contribution is -2.35. The minimum atomic E-state index is -0.532. The van der Waals surface area contributed by atoms with Crippen molar-refractivity contribution in [2.24, 2.45) is 5.16 Å². The van der Waals surface area contributed by atoms with Crippen LogP contribution in [-0.2, 0) is 9.57 Å². The molecular weight excluding hydrogens is 334 g/mol. The molecule has 0 saturated carbocycles. The smallest absolute Gasteiger partial charge is 0.407 e. The molecule has 24 heavy (non-hydrogen) atoms. The number of rotatable bonds is 5. The second kappa shape index (κ2) is 7.70. The van der Waals surface area contributed by atoms with Crippen LogP contribution in [0, 0.1) is 6.92 Å². The van der Waals surface area contributed by atoms with E-state index < -0.39 is 11.7 Å². The Labute approximate surface area is 146 Å². The second-order valence-electron chi connectivity index (χ2n) is 6.50. The number of amides is 1. The molecule has 7 nitrogen and oxygen atoms in total. The summed E-state index contributed by atoms with van der Waals surface area (Å²) < 4.78 is 10.8. The second-order valence-corrected chi connectivity index (χ2v) is 6.86. The number of nitrogens with zero attached hydrogens (tertiary/aromatic N) is 2. The van der Waals surface area contributed by atoms with Gasteiger partial charge in [0.2, 0.25) is 0 Å². The lowest BCUT2D eigenvalue weighted by atomic mass is 10.2. The Morgan fingerprint density at radius 2 is 2.21 bits per heavy atom. The summed E-state index contributed by atoms with van der Waals surface area (Å²) in [7, 11) is 0. The fourth-order valence-electron chi connectivity index (χ4n) is 1.97. The molecule has 1 aliphatic heterocycles. The number of alkyl carbamates (subject to hydrolysis) is 1. The lowest BCUT2D eigenvalue weighted by molar-refractivity contribution is 0.0470. The van der Waals surface area contributed by atoms with Crippen molar-refractivity contribution in [3.8, 4) is 5.75 Å². The molecule has 1 aromatic rings. The van der Waals surface area contributed by atoms with Crippen molar-refractivity contribution < 1.29 is 19.1 Å². The lowest BCUT2D eigenvalue weighted by Gasteiger charge is -2.19. The highest BCUT2D eigenvalue weighted by molar-refractivity contribution is 6.30. The Hall–Kier alpha value is -2.02. The zero-order valence-electron chi connectivity index (χ0n) is 14.3. The number of ether oxygens (including phenoxy) is 2. The molecule has 132 valence electrons. The fraction of sp³-hybridized carbons (Fsp3) is 0.562. The summed E-state index contributed by atoms with van der Waals surface area (Å²) in [5, 5.41) is 6.92. The molecule has 0 aromatic carbocycles. The van der Waals surface area contributed by atoms with E-state index in [1.54, 1.807) is 26.8 Å². The van der Waals surface area contributed by atoms with E-state index in [0.29, 0.717) is 23.9 Å². The van der Waals surface area contributed by atoms with Crippen molar-refractivity contribution in [1.29, 1.82) is 0 Å². The van der Waals surface area contributed by atoms with E-state index >= 15 is 0 Å². The van der Waals surface area contributed by atoms with E-state index in [1.165, 1.54) is 0 Å². The summed E-state index contributed by atoms with van der Waals surface area (Å²) in [5.41, 5.74) is 1.02. The third-order valence-corrected chi connectivity index (χ3v) is 3.28. The highest BCUT2D eigenvalue weighted by Crippen LogP contribution is 2.23. The normalized spacial score (nSPS) is 17.0. The molecule has 1 amide bonds. The molecule has 0 radical (unpaired) electrons. The van der Waals surface area contributed by atoms with Crippen LogP contribution in [0.4, 0.5) is 4.79 Å². The summed E-state index contributed by atoms with van der Waals surface area (Å²) in [6.45, 7) is 7.85. The van der Waals surface area contributed by atoms with E-state index in [9.17, 15) is 4.79 Å². The first kappa shape index (κ1) is 18.3. The van der Waals surface area contributed by atoms with Crippen LogP contribution in [0.25, 0.3) is 0 Å². The third kappa shape index (κ3) is 5.88. The van der Waals surface area contributed by atoms with Crippen LogP contribution >= 0.6 is 11.6 Å². The standard InChI is InChI=1S/C16H22ClN3O4/c1-10-5-6-13(14(17)19-10)22-9-12-7-11(20-24-12)8-18-15(21)23-16(2,3)4/h5-6,12H,7-9H2,1-4H3,(H,18,21). The number of halogens is 1. The van der Waals surface area contributed by atoms with Gasteiger partial charge < -0.3 is 19.6 Å². The average Bonchev–Trinajstić information content (AvgIpc) is 2.90. The summed E-state index contributed by atoms with van der Waals surface area (Å²) in [4.78, 5) is 21.0. The molecule has 8 heteroatoms. The SMILES string of the molecule is Cc1ccc(OCC2CC(CNC(=O)OC(C)(C)C)=NO2)c(Cl)n1. The molecule has 1 N–H and O–H groups in total. The molecule has 1 aromatic heterocycles. The molecule has 0 aliphatic carbocycles. The van der Waals surface area contributed by atoms with E-state index in [4.69, 9.17) is 25.9 Å². The van der Waals surface area contributed by atoms with Crippen molar-refractivity contribution in [2.75, 3.05) is 13.2 Å². The first-order valence-corrected chi connectivity index (χ1v) is 8.05. The number of pyridine rings is 1. The van der Waals surface area contributed by atoms with Crippen LogP contribution in [0.5, 0.6) is 5.75 Å². The quantitative estimate of drug-likeness (QED) is 0.821. The molecule has 2 heterocycles. The van der Waals surface area contributed by atoms with Gasteiger partial charge in [-0.3, -0.25) is 0 Å². The van der Waals surface area contributed by atoms with Crippen LogP contribution in [0.3, 0.4) is 0 Å². The predicted molar refractivity (Wildman–Crippen MR) is 90.6 cm³/mol. The largest absolute Gasteiger partial charge is 0.486 e. The molecule has 1 atom stereocenters. The molecule has 2 rings (SSSR count). The van der Waals surface area contributed by atoms with Crippen molar-refractivity contribution in [1.82, 2.24) is 10.3 Å². The monoisotopic (exact) mass is 355 g/mol.